The molecule has 7 nitrogen and oxygen atoms in total. The molecular formula is C20H16N2O5S2. The summed E-state index contributed by atoms with van der Waals surface area (Å²) >= 11 is 1.32. The van der Waals surface area contributed by atoms with E-state index in [1.165, 1.54) is 35.6 Å². The molecule has 3 aromatic rings. The molecule has 2 aromatic carbocycles. The Balaban J connectivity index is 1.79. The smallest absolute Gasteiger partial charge is 0.279 e. The second kappa shape index (κ2) is 7.39. The number of rotatable bonds is 3. The van der Waals surface area contributed by atoms with Gasteiger partial charge in [0.2, 0.25) is 0 Å². The topological polar surface area (TPSA) is 87.0 Å². The number of benzene rings is 2. The van der Waals surface area contributed by atoms with Gasteiger partial charge in [0, 0.05) is 24.0 Å². The number of ether oxygens (including phenoxy) is 2. The minimum atomic E-state index is -3.33. The molecule has 0 aliphatic carbocycles. The highest BCUT2D eigenvalue weighted by atomic mass is 32.2. The maximum absolute atomic E-state index is 12.6. The Kier molecular flexibility index (Phi) is 4.90. The maximum Gasteiger partial charge on any atom is 0.279 e. The van der Waals surface area contributed by atoms with Crippen LogP contribution in [0, 0.1) is 12.3 Å². The van der Waals surface area contributed by atoms with Crippen LogP contribution in [0.25, 0.3) is 10.2 Å². The lowest BCUT2D eigenvalue weighted by atomic mass is 10.2. The van der Waals surface area contributed by atoms with Gasteiger partial charge in [-0.05, 0) is 24.3 Å². The van der Waals surface area contributed by atoms with Crippen molar-refractivity contribution >= 4 is 37.3 Å². The van der Waals surface area contributed by atoms with E-state index in [9.17, 15) is 13.2 Å². The van der Waals surface area contributed by atoms with E-state index in [2.05, 4.69) is 10.9 Å². The summed E-state index contributed by atoms with van der Waals surface area (Å²) in [5.41, 5.74) is 1.09. The van der Waals surface area contributed by atoms with Crippen LogP contribution in [0.4, 0.5) is 0 Å². The molecule has 2 heterocycles. The van der Waals surface area contributed by atoms with E-state index in [0.717, 1.165) is 16.5 Å². The third-order valence-corrected chi connectivity index (χ3v) is 6.49. The van der Waals surface area contributed by atoms with Crippen molar-refractivity contribution in [1.82, 2.24) is 4.57 Å². The highest BCUT2D eigenvalue weighted by molar-refractivity contribution is 7.90. The lowest BCUT2D eigenvalue weighted by molar-refractivity contribution is 0.0998. The summed E-state index contributed by atoms with van der Waals surface area (Å²) in [5, 5.41) is 0. The summed E-state index contributed by atoms with van der Waals surface area (Å²) in [6.07, 6.45) is 6.62. The number of thiazole rings is 1. The SMILES string of the molecule is C#CCn1c(=NC(=O)c2ccc(S(C)(=O)=O)cc2)sc2cc3c(cc21)OCCO3. The Morgan fingerprint density at radius 3 is 2.48 bits per heavy atom. The molecule has 1 aliphatic heterocycles. The number of hydrogen-bond acceptors (Lipinski definition) is 6. The normalized spacial score (nSPS) is 14.0. The van der Waals surface area contributed by atoms with E-state index >= 15 is 0 Å². The number of carbonyl (C=O) groups excluding carboxylic acids is 1. The van der Waals surface area contributed by atoms with E-state index < -0.39 is 15.7 Å². The number of hydrogen-bond donors (Lipinski definition) is 0. The summed E-state index contributed by atoms with van der Waals surface area (Å²) in [4.78, 5) is 17.4. The fraction of sp³-hybridized carbons (Fsp3) is 0.200. The quantitative estimate of drug-likeness (QED) is 0.597. The first kappa shape index (κ1) is 19.2. The minimum absolute atomic E-state index is 0.142. The van der Waals surface area contributed by atoms with Gasteiger partial charge in [0.1, 0.15) is 13.2 Å². The lowest BCUT2D eigenvalue weighted by Gasteiger charge is -2.18. The summed E-state index contributed by atoms with van der Waals surface area (Å²) in [6.45, 7) is 1.18. The van der Waals surface area contributed by atoms with E-state index in [-0.39, 0.29) is 17.0 Å². The fourth-order valence-corrected chi connectivity index (χ4v) is 4.60. The Labute approximate surface area is 171 Å². The van der Waals surface area contributed by atoms with E-state index in [0.29, 0.717) is 29.5 Å². The molecule has 0 radical (unpaired) electrons. The number of terminal acetylenes is 1. The molecule has 1 aliphatic rings. The highest BCUT2D eigenvalue weighted by Gasteiger charge is 2.17. The van der Waals surface area contributed by atoms with Gasteiger partial charge in [-0.3, -0.25) is 4.79 Å². The average molecular weight is 428 g/mol. The maximum atomic E-state index is 12.6. The van der Waals surface area contributed by atoms with Crippen LogP contribution in [-0.4, -0.2) is 38.4 Å². The molecule has 4 rings (SSSR count). The predicted molar refractivity (Wildman–Crippen MR) is 109 cm³/mol. The van der Waals surface area contributed by atoms with Crippen molar-refractivity contribution in [3.63, 3.8) is 0 Å². The molecule has 0 unspecified atom stereocenters. The van der Waals surface area contributed by atoms with Gasteiger partial charge in [-0.15, -0.1) is 6.42 Å². The van der Waals surface area contributed by atoms with Gasteiger partial charge in [0.15, 0.2) is 26.1 Å². The van der Waals surface area contributed by atoms with E-state index in [1.807, 2.05) is 12.1 Å². The largest absolute Gasteiger partial charge is 0.486 e. The van der Waals surface area contributed by atoms with Crippen LogP contribution >= 0.6 is 11.3 Å². The third-order valence-electron chi connectivity index (χ3n) is 4.32. The van der Waals surface area contributed by atoms with Crippen LogP contribution in [0.1, 0.15) is 10.4 Å². The van der Waals surface area contributed by atoms with Gasteiger partial charge in [0.25, 0.3) is 5.91 Å². The molecule has 0 bridgehead atoms. The molecule has 148 valence electrons. The molecule has 0 spiro atoms. The monoisotopic (exact) mass is 428 g/mol. The van der Waals surface area contributed by atoms with Crippen molar-refractivity contribution in [3.05, 3.63) is 46.8 Å². The summed E-state index contributed by atoms with van der Waals surface area (Å²) in [5.74, 6) is 3.36. The number of sulfone groups is 1. The van der Waals surface area contributed by atoms with Gasteiger partial charge in [-0.1, -0.05) is 17.3 Å². The molecule has 1 aromatic heterocycles. The number of amides is 1. The lowest BCUT2D eigenvalue weighted by Crippen LogP contribution is -2.17. The van der Waals surface area contributed by atoms with Crippen molar-refractivity contribution in [2.24, 2.45) is 4.99 Å². The van der Waals surface area contributed by atoms with E-state index in [1.54, 1.807) is 4.57 Å². The molecule has 0 N–H and O–H groups in total. The first-order valence-corrected chi connectivity index (χ1v) is 11.3. The second-order valence-corrected chi connectivity index (χ2v) is 9.38. The zero-order chi connectivity index (χ0) is 20.6. The Hall–Kier alpha value is -3.09. The average Bonchev–Trinajstić information content (AvgIpc) is 3.02. The van der Waals surface area contributed by atoms with Crippen LogP contribution < -0.4 is 14.3 Å². The van der Waals surface area contributed by atoms with Crippen LogP contribution in [0.15, 0.2) is 46.3 Å². The highest BCUT2D eigenvalue weighted by Crippen LogP contribution is 2.35. The van der Waals surface area contributed by atoms with Crippen molar-refractivity contribution < 1.29 is 22.7 Å². The van der Waals surface area contributed by atoms with Gasteiger partial charge < -0.3 is 14.0 Å². The molecule has 0 saturated heterocycles. The molecule has 29 heavy (non-hydrogen) atoms. The zero-order valence-electron chi connectivity index (χ0n) is 15.4. The third kappa shape index (κ3) is 3.77. The minimum Gasteiger partial charge on any atom is -0.486 e. The number of fused-ring (bicyclic) bond motifs is 2. The number of aromatic nitrogens is 1. The fourth-order valence-electron chi connectivity index (χ4n) is 2.93. The van der Waals surface area contributed by atoms with Crippen LogP contribution in [0.5, 0.6) is 11.5 Å². The summed E-state index contributed by atoms with van der Waals surface area (Å²) in [6, 6.07) is 9.36. The summed E-state index contributed by atoms with van der Waals surface area (Å²) < 4.78 is 37.0. The Bertz CT molecular complexity index is 1330. The van der Waals surface area contributed by atoms with Crippen molar-refractivity contribution in [3.8, 4) is 23.8 Å². The van der Waals surface area contributed by atoms with Crippen LogP contribution in [0.2, 0.25) is 0 Å². The van der Waals surface area contributed by atoms with Gasteiger partial charge in [0.05, 0.1) is 21.7 Å². The summed E-state index contributed by atoms with van der Waals surface area (Å²) in [7, 11) is -3.33. The van der Waals surface area contributed by atoms with E-state index in [4.69, 9.17) is 15.9 Å². The van der Waals surface area contributed by atoms with Crippen molar-refractivity contribution in [2.45, 2.75) is 11.4 Å². The molecule has 1 amide bonds. The second-order valence-electron chi connectivity index (χ2n) is 6.35. The molecular weight excluding hydrogens is 412 g/mol. The Morgan fingerprint density at radius 2 is 1.86 bits per heavy atom. The molecule has 0 fully saturated rings. The van der Waals surface area contributed by atoms with Gasteiger partial charge >= 0.3 is 0 Å². The predicted octanol–water partition coefficient (Wildman–Crippen LogP) is 2.25. The van der Waals surface area contributed by atoms with Gasteiger partial charge in [-0.25, -0.2) is 8.42 Å². The molecule has 0 atom stereocenters. The van der Waals surface area contributed by atoms with Crippen LogP contribution in [-0.2, 0) is 16.4 Å². The molecule has 9 heteroatoms. The first-order chi connectivity index (χ1) is 13.9. The van der Waals surface area contributed by atoms with Gasteiger partial charge in [-0.2, -0.15) is 4.99 Å². The first-order valence-electron chi connectivity index (χ1n) is 8.62. The number of nitrogens with zero attached hydrogens (tertiary/aromatic N) is 2. The standard InChI is InChI=1S/C20H16N2O5S2/c1-3-8-22-15-11-16-17(27-10-9-26-16)12-18(15)28-20(22)21-19(23)13-4-6-14(7-5-13)29(2,24)25/h1,4-7,11-12H,8-10H2,2H3. The molecule has 0 saturated carbocycles. The van der Waals surface area contributed by atoms with Crippen molar-refractivity contribution in [2.75, 3.05) is 19.5 Å². The van der Waals surface area contributed by atoms with Crippen LogP contribution in [0.3, 0.4) is 0 Å². The van der Waals surface area contributed by atoms with Crippen molar-refractivity contribution in [1.29, 1.82) is 0 Å². The zero-order valence-corrected chi connectivity index (χ0v) is 17.0. The Morgan fingerprint density at radius 1 is 1.21 bits per heavy atom. The number of carbonyl (C=O) groups is 1.